The summed E-state index contributed by atoms with van der Waals surface area (Å²) in [6.07, 6.45) is 1.26. The summed E-state index contributed by atoms with van der Waals surface area (Å²) in [4.78, 5) is 25.2. The molecule has 0 saturated heterocycles. The van der Waals surface area contributed by atoms with Crippen molar-refractivity contribution in [2.24, 2.45) is 0 Å². The standard InChI is InChI=1S/C17H26N2O3/c1-5-8-15(17(21)22)18-13(3)16(20)19(4)11-14-10-7-6-9-12(14)2/h6-7,9-10,13,15,18H,5,8,11H2,1-4H3,(H,21,22). The molecule has 2 atom stereocenters. The highest BCUT2D eigenvalue weighted by molar-refractivity contribution is 5.82. The Bertz CT molecular complexity index is 516. The highest BCUT2D eigenvalue weighted by atomic mass is 16.4. The number of amides is 1. The first kappa shape index (κ1) is 18.2. The van der Waals surface area contributed by atoms with Gasteiger partial charge < -0.3 is 10.0 Å². The van der Waals surface area contributed by atoms with Crippen LogP contribution in [-0.4, -0.2) is 41.0 Å². The molecule has 0 fully saturated rings. The second-order valence-corrected chi connectivity index (χ2v) is 5.69. The summed E-state index contributed by atoms with van der Waals surface area (Å²) in [5, 5.41) is 12.1. The van der Waals surface area contributed by atoms with Gasteiger partial charge in [0.1, 0.15) is 6.04 Å². The van der Waals surface area contributed by atoms with E-state index in [4.69, 9.17) is 5.11 Å². The fourth-order valence-corrected chi connectivity index (χ4v) is 2.39. The largest absolute Gasteiger partial charge is 0.480 e. The van der Waals surface area contributed by atoms with Crippen molar-refractivity contribution in [2.45, 2.75) is 52.2 Å². The minimum atomic E-state index is -0.914. The second kappa shape index (κ2) is 8.54. The zero-order valence-corrected chi connectivity index (χ0v) is 13.8. The van der Waals surface area contributed by atoms with Crippen LogP contribution in [0.5, 0.6) is 0 Å². The molecule has 0 bridgehead atoms. The predicted molar refractivity (Wildman–Crippen MR) is 86.6 cm³/mol. The second-order valence-electron chi connectivity index (χ2n) is 5.69. The molecule has 22 heavy (non-hydrogen) atoms. The number of carbonyl (C=O) groups excluding carboxylic acids is 1. The number of carboxylic acid groups (broad SMARTS) is 1. The zero-order chi connectivity index (χ0) is 16.7. The van der Waals surface area contributed by atoms with Gasteiger partial charge in [0.15, 0.2) is 0 Å². The number of carboxylic acids is 1. The maximum atomic E-state index is 12.4. The van der Waals surface area contributed by atoms with E-state index in [2.05, 4.69) is 5.32 Å². The molecule has 1 aromatic carbocycles. The van der Waals surface area contributed by atoms with Crippen molar-refractivity contribution in [1.29, 1.82) is 0 Å². The normalized spacial score (nSPS) is 13.5. The number of rotatable bonds is 8. The van der Waals surface area contributed by atoms with Gasteiger partial charge in [-0.2, -0.15) is 0 Å². The molecule has 0 aromatic heterocycles. The van der Waals surface area contributed by atoms with Gasteiger partial charge in [-0.1, -0.05) is 37.6 Å². The molecular formula is C17H26N2O3. The highest BCUT2D eigenvalue weighted by Crippen LogP contribution is 2.10. The van der Waals surface area contributed by atoms with Gasteiger partial charge in [0.25, 0.3) is 0 Å². The third-order valence-electron chi connectivity index (χ3n) is 3.74. The molecule has 1 rings (SSSR count). The molecule has 1 amide bonds. The summed E-state index contributed by atoms with van der Waals surface area (Å²) in [6.45, 7) is 6.16. The van der Waals surface area contributed by atoms with Gasteiger partial charge in [0.05, 0.1) is 6.04 Å². The molecular weight excluding hydrogens is 280 g/mol. The van der Waals surface area contributed by atoms with E-state index in [-0.39, 0.29) is 5.91 Å². The Balaban J connectivity index is 2.65. The number of benzene rings is 1. The van der Waals surface area contributed by atoms with Crippen molar-refractivity contribution in [3.05, 3.63) is 35.4 Å². The van der Waals surface area contributed by atoms with Crippen LogP contribution in [-0.2, 0) is 16.1 Å². The van der Waals surface area contributed by atoms with Crippen molar-refractivity contribution in [1.82, 2.24) is 10.2 Å². The minimum absolute atomic E-state index is 0.106. The first-order valence-corrected chi connectivity index (χ1v) is 7.65. The zero-order valence-electron chi connectivity index (χ0n) is 13.8. The van der Waals surface area contributed by atoms with E-state index in [9.17, 15) is 9.59 Å². The predicted octanol–water partition coefficient (Wildman–Crippen LogP) is 2.18. The average Bonchev–Trinajstić information content (AvgIpc) is 2.48. The van der Waals surface area contributed by atoms with Crippen LogP contribution in [0.4, 0.5) is 0 Å². The summed E-state index contributed by atoms with van der Waals surface area (Å²) in [7, 11) is 1.74. The number of hydrogen-bond acceptors (Lipinski definition) is 3. The molecule has 0 saturated carbocycles. The fourth-order valence-electron chi connectivity index (χ4n) is 2.39. The van der Waals surface area contributed by atoms with Gasteiger partial charge in [0.2, 0.25) is 5.91 Å². The number of likely N-dealkylation sites (N-methyl/N-ethyl adjacent to an activating group) is 1. The van der Waals surface area contributed by atoms with Crippen molar-refractivity contribution >= 4 is 11.9 Å². The van der Waals surface area contributed by atoms with Gasteiger partial charge in [-0.25, -0.2) is 0 Å². The summed E-state index contributed by atoms with van der Waals surface area (Å²) in [6, 6.07) is 6.71. The lowest BCUT2D eigenvalue weighted by molar-refractivity contribution is -0.140. The van der Waals surface area contributed by atoms with E-state index in [1.807, 2.05) is 38.1 Å². The quantitative estimate of drug-likeness (QED) is 0.772. The number of nitrogens with zero attached hydrogens (tertiary/aromatic N) is 1. The molecule has 122 valence electrons. The lowest BCUT2D eigenvalue weighted by Gasteiger charge is -2.25. The van der Waals surface area contributed by atoms with E-state index in [0.29, 0.717) is 13.0 Å². The van der Waals surface area contributed by atoms with Crippen LogP contribution in [0.1, 0.15) is 37.8 Å². The lowest BCUT2D eigenvalue weighted by Crippen LogP contribution is -2.49. The molecule has 0 aliphatic heterocycles. The smallest absolute Gasteiger partial charge is 0.320 e. The Kier molecular flexibility index (Phi) is 7.05. The van der Waals surface area contributed by atoms with Crippen LogP contribution >= 0.6 is 0 Å². The number of nitrogens with one attached hydrogen (secondary N) is 1. The van der Waals surface area contributed by atoms with Gasteiger partial charge in [-0.15, -0.1) is 0 Å². The van der Waals surface area contributed by atoms with Gasteiger partial charge in [0, 0.05) is 13.6 Å². The Morgan fingerprint density at radius 1 is 1.32 bits per heavy atom. The van der Waals surface area contributed by atoms with E-state index in [1.165, 1.54) is 0 Å². The third kappa shape index (κ3) is 5.15. The molecule has 1 aromatic rings. The maximum Gasteiger partial charge on any atom is 0.320 e. The molecule has 0 heterocycles. The Hall–Kier alpha value is -1.88. The van der Waals surface area contributed by atoms with Crippen molar-refractivity contribution in [3.63, 3.8) is 0 Å². The molecule has 0 spiro atoms. The minimum Gasteiger partial charge on any atom is -0.480 e. The topological polar surface area (TPSA) is 69.6 Å². The molecule has 0 aliphatic rings. The van der Waals surface area contributed by atoms with Crippen molar-refractivity contribution < 1.29 is 14.7 Å². The molecule has 0 aliphatic carbocycles. The average molecular weight is 306 g/mol. The number of aryl methyl sites for hydroxylation is 1. The Morgan fingerprint density at radius 2 is 1.95 bits per heavy atom. The Labute approximate surface area is 132 Å². The first-order chi connectivity index (χ1) is 10.4. The SMILES string of the molecule is CCCC(NC(C)C(=O)N(C)Cc1ccccc1C)C(=O)O. The summed E-state index contributed by atoms with van der Waals surface area (Å²) < 4.78 is 0. The van der Waals surface area contributed by atoms with Crippen LogP contribution < -0.4 is 5.32 Å². The molecule has 5 heteroatoms. The van der Waals surface area contributed by atoms with Crippen LogP contribution in [0.25, 0.3) is 0 Å². The fraction of sp³-hybridized carbons (Fsp3) is 0.529. The van der Waals surface area contributed by atoms with Gasteiger partial charge in [-0.3, -0.25) is 14.9 Å². The van der Waals surface area contributed by atoms with Gasteiger partial charge in [-0.05, 0) is 31.4 Å². The van der Waals surface area contributed by atoms with Gasteiger partial charge >= 0.3 is 5.97 Å². The van der Waals surface area contributed by atoms with E-state index < -0.39 is 18.1 Å². The number of hydrogen-bond donors (Lipinski definition) is 2. The highest BCUT2D eigenvalue weighted by Gasteiger charge is 2.24. The number of carbonyl (C=O) groups is 2. The van der Waals surface area contributed by atoms with E-state index in [1.54, 1.807) is 18.9 Å². The third-order valence-corrected chi connectivity index (χ3v) is 3.74. The monoisotopic (exact) mass is 306 g/mol. The molecule has 0 radical (unpaired) electrons. The van der Waals surface area contributed by atoms with Crippen LogP contribution in [0.2, 0.25) is 0 Å². The number of aliphatic carboxylic acids is 1. The molecule has 2 unspecified atom stereocenters. The summed E-state index contributed by atoms with van der Waals surface area (Å²) in [5.41, 5.74) is 2.23. The summed E-state index contributed by atoms with van der Waals surface area (Å²) in [5.74, 6) is -1.02. The van der Waals surface area contributed by atoms with Crippen LogP contribution in [0.3, 0.4) is 0 Å². The van der Waals surface area contributed by atoms with Crippen LogP contribution in [0.15, 0.2) is 24.3 Å². The molecule has 5 nitrogen and oxygen atoms in total. The van der Waals surface area contributed by atoms with Crippen molar-refractivity contribution in [3.8, 4) is 0 Å². The van der Waals surface area contributed by atoms with E-state index >= 15 is 0 Å². The summed E-state index contributed by atoms with van der Waals surface area (Å²) >= 11 is 0. The first-order valence-electron chi connectivity index (χ1n) is 7.65. The lowest BCUT2D eigenvalue weighted by atomic mass is 10.1. The Morgan fingerprint density at radius 3 is 2.50 bits per heavy atom. The maximum absolute atomic E-state index is 12.4. The van der Waals surface area contributed by atoms with Crippen molar-refractivity contribution in [2.75, 3.05) is 7.05 Å². The van der Waals surface area contributed by atoms with Crippen LogP contribution in [0, 0.1) is 6.92 Å². The van der Waals surface area contributed by atoms with E-state index in [0.717, 1.165) is 17.5 Å². The molecule has 2 N–H and O–H groups in total.